The standard InChI is InChI=1S/C10H9ClF4N2O3S/c1-17(4-10(13,14)15)9(18)5-2-8(21(16,19)20)6(11)3-7(5)12/h2-3H,4H2,1H3,(H2,16,19,20). The summed E-state index contributed by atoms with van der Waals surface area (Å²) in [5.41, 5.74) is -0.879. The van der Waals surface area contributed by atoms with Crippen molar-refractivity contribution in [1.29, 1.82) is 0 Å². The molecule has 0 unspecified atom stereocenters. The Morgan fingerprint density at radius 2 is 1.90 bits per heavy atom. The third-order valence-electron chi connectivity index (χ3n) is 2.32. The minimum atomic E-state index is -4.68. The van der Waals surface area contributed by atoms with E-state index >= 15 is 0 Å². The van der Waals surface area contributed by atoms with Crippen LogP contribution in [-0.2, 0) is 10.0 Å². The molecule has 0 fully saturated rings. The van der Waals surface area contributed by atoms with Crippen LogP contribution in [0.3, 0.4) is 0 Å². The second kappa shape index (κ2) is 5.78. The van der Waals surface area contributed by atoms with Crippen molar-refractivity contribution in [2.24, 2.45) is 5.14 Å². The third kappa shape index (κ3) is 4.55. The van der Waals surface area contributed by atoms with E-state index in [1.54, 1.807) is 0 Å². The number of alkyl halides is 3. The van der Waals surface area contributed by atoms with Crippen LogP contribution < -0.4 is 5.14 Å². The highest BCUT2D eigenvalue weighted by Crippen LogP contribution is 2.25. The summed E-state index contributed by atoms with van der Waals surface area (Å²) in [6.07, 6.45) is -4.68. The van der Waals surface area contributed by atoms with Crippen LogP contribution in [0.1, 0.15) is 10.4 Å². The number of hydrogen-bond donors (Lipinski definition) is 1. The number of carbonyl (C=O) groups is 1. The second-order valence-electron chi connectivity index (χ2n) is 4.08. The van der Waals surface area contributed by atoms with Crippen LogP contribution in [0.25, 0.3) is 0 Å². The molecule has 0 aliphatic carbocycles. The van der Waals surface area contributed by atoms with Gasteiger partial charge in [-0.1, -0.05) is 11.6 Å². The van der Waals surface area contributed by atoms with Gasteiger partial charge in [-0.05, 0) is 12.1 Å². The fraction of sp³-hybridized carbons (Fsp3) is 0.300. The number of sulfonamides is 1. The Morgan fingerprint density at radius 1 is 1.38 bits per heavy atom. The van der Waals surface area contributed by atoms with Gasteiger partial charge in [-0.15, -0.1) is 0 Å². The summed E-state index contributed by atoms with van der Waals surface area (Å²) in [4.78, 5) is 11.2. The van der Waals surface area contributed by atoms with Gasteiger partial charge < -0.3 is 4.90 Å². The van der Waals surface area contributed by atoms with Crippen LogP contribution in [0.15, 0.2) is 17.0 Å². The molecule has 11 heteroatoms. The Kier molecular flexibility index (Phi) is 4.86. The van der Waals surface area contributed by atoms with Gasteiger partial charge in [0.1, 0.15) is 17.3 Å². The molecule has 0 spiro atoms. The van der Waals surface area contributed by atoms with E-state index in [1.807, 2.05) is 0 Å². The molecular formula is C10H9ClF4N2O3S. The van der Waals surface area contributed by atoms with Crippen molar-refractivity contribution in [3.63, 3.8) is 0 Å². The molecule has 0 aromatic heterocycles. The lowest BCUT2D eigenvalue weighted by molar-refractivity contribution is -0.138. The Labute approximate surface area is 122 Å². The van der Waals surface area contributed by atoms with Crippen LogP contribution >= 0.6 is 11.6 Å². The molecule has 0 aliphatic heterocycles. The van der Waals surface area contributed by atoms with Crippen LogP contribution in [0.2, 0.25) is 5.02 Å². The molecule has 1 amide bonds. The maximum absolute atomic E-state index is 13.6. The summed E-state index contributed by atoms with van der Waals surface area (Å²) in [7, 11) is -3.57. The Hall–Kier alpha value is -1.39. The minimum absolute atomic E-state index is 0.194. The van der Waals surface area contributed by atoms with Gasteiger partial charge in [0.25, 0.3) is 5.91 Å². The minimum Gasteiger partial charge on any atom is -0.333 e. The lowest BCUT2D eigenvalue weighted by Crippen LogP contribution is -2.36. The molecule has 0 saturated carbocycles. The molecule has 0 heterocycles. The topological polar surface area (TPSA) is 80.5 Å². The average Bonchev–Trinajstić information content (AvgIpc) is 2.23. The normalized spacial score (nSPS) is 12.3. The van der Waals surface area contributed by atoms with Crippen molar-refractivity contribution < 1.29 is 30.8 Å². The molecule has 1 aromatic carbocycles. The van der Waals surface area contributed by atoms with Crippen molar-refractivity contribution >= 4 is 27.5 Å². The zero-order valence-electron chi connectivity index (χ0n) is 10.4. The lowest BCUT2D eigenvalue weighted by Gasteiger charge is -2.19. The van der Waals surface area contributed by atoms with Gasteiger partial charge in [-0.25, -0.2) is 17.9 Å². The van der Waals surface area contributed by atoms with E-state index in [-0.39, 0.29) is 4.90 Å². The number of amides is 1. The maximum atomic E-state index is 13.6. The molecule has 0 bridgehead atoms. The molecule has 21 heavy (non-hydrogen) atoms. The fourth-order valence-electron chi connectivity index (χ4n) is 1.46. The molecule has 0 radical (unpaired) electrons. The summed E-state index contributed by atoms with van der Waals surface area (Å²) in [5.74, 6) is -2.61. The first-order valence-corrected chi connectivity index (χ1v) is 7.09. The van der Waals surface area contributed by atoms with Crippen LogP contribution in [0.5, 0.6) is 0 Å². The summed E-state index contributed by atoms with van der Waals surface area (Å²) in [6, 6.07) is 0.998. The number of nitrogens with two attached hydrogens (primary N) is 1. The summed E-state index contributed by atoms with van der Waals surface area (Å²) >= 11 is 5.47. The molecule has 0 aliphatic rings. The van der Waals surface area contributed by atoms with Crippen LogP contribution in [0.4, 0.5) is 17.6 Å². The van der Waals surface area contributed by atoms with Gasteiger partial charge in [-0.3, -0.25) is 4.79 Å². The smallest absolute Gasteiger partial charge is 0.333 e. The van der Waals surface area contributed by atoms with E-state index in [0.717, 1.165) is 7.05 Å². The highest BCUT2D eigenvalue weighted by atomic mass is 35.5. The summed E-state index contributed by atoms with van der Waals surface area (Å²) in [5, 5.41) is 4.24. The first-order valence-electron chi connectivity index (χ1n) is 5.17. The highest BCUT2D eigenvalue weighted by Gasteiger charge is 2.32. The Morgan fingerprint density at radius 3 is 2.33 bits per heavy atom. The van der Waals surface area contributed by atoms with Crippen molar-refractivity contribution in [2.75, 3.05) is 13.6 Å². The van der Waals surface area contributed by atoms with Crippen molar-refractivity contribution in [3.8, 4) is 0 Å². The maximum Gasteiger partial charge on any atom is 0.406 e. The Balaban J connectivity index is 3.28. The molecule has 1 rings (SSSR count). The van der Waals surface area contributed by atoms with Gasteiger partial charge in [0.15, 0.2) is 0 Å². The molecule has 2 N–H and O–H groups in total. The number of nitrogens with zero attached hydrogens (tertiary/aromatic N) is 1. The molecule has 1 aromatic rings. The van der Waals surface area contributed by atoms with E-state index in [1.165, 1.54) is 0 Å². The number of halogens is 5. The quantitative estimate of drug-likeness (QED) is 0.845. The Bertz CT molecular complexity index is 676. The fourth-order valence-corrected chi connectivity index (χ4v) is 2.54. The van der Waals surface area contributed by atoms with Gasteiger partial charge in [0, 0.05) is 7.05 Å². The van der Waals surface area contributed by atoms with E-state index in [9.17, 15) is 30.8 Å². The largest absolute Gasteiger partial charge is 0.406 e. The summed E-state index contributed by atoms with van der Waals surface area (Å²) < 4.78 is 72.6. The number of carbonyl (C=O) groups excluding carboxylic acids is 1. The molecule has 0 atom stereocenters. The first-order chi connectivity index (χ1) is 9.33. The molecule has 5 nitrogen and oxygen atoms in total. The second-order valence-corrected chi connectivity index (χ2v) is 6.02. The monoisotopic (exact) mass is 348 g/mol. The predicted octanol–water partition coefficient (Wildman–Crippen LogP) is 1.76. The molecular weight excluding hydrogens is 340 g/mol. The van der Waals surface area contributed by atoms with Crippen LogP contribution in [-0.4, -0.2) is 39.0 Å². The number of primary sulfonamides is 1. The van der Waals surface area contributed by atoms with Crippen molar-refractivity contribution in [2.45, 2.75) is 11.1 Å². The van der Waals surface area contributed by atoms with Gasteiger partial charge in [0.05, 0.1) is 10.6 Å². The van der Waals surface area contributed by atoms with E-state index in [4.69, 9.17) is 16.7 Å². The first kappa shape index (κ1) is 17.7. The van der Waals surface area contributed by atoms with Gasteiger partial charge in [-0.2, -0.15) is 13.2 Å². The number of hydrogen-bond acceptors (Lipinski definition) is 3. The van der Waals surface area contributed by atoms with Crippen molar-refractivity contribution in [1.82, 2.24) is 4.90 Å². The number of benzene rings is 1. The van der Waals surface area contributed by atoms with Gasteiger partial charge in [0.2, 0.25) is 10.0 Å². The zero-order valence-corrected chi connectivity index (χ0v) is 12.0. The van der Waals surface area contributed by atoms with E-state index < -0.39 is 50.0 Å². The van der Waals surface area contributed by atoms with Crippen LogP contribution in [0, 0.1) is 5.82 Å². The third-order valence-corrected chi connectivity index (χ3v) is 3.70. The number of rotatable bonds is 3. The van der Waals surface area contributed by atoms with E-state index in [0.29, 0.717) is 12.1 Å². The molecule has 0 saturated heterocycles. The highest BCUT2D eigenvalue weighted by molar-refractivity contribution is 7.89. The van der Waals surface area contributed by atoms with E-state index in [2.05, 4.69) is 0 Å². The summed E-state index contributed by atoms with van der Waals surface area (Å²) in [6.45, 7) is -1.63. The lowest BCUT2D eigenvalue weighted by atomic mass is 10.2. The predicted molar refractivity (Wildman–Crippen MR) is 65.8 cm³/mol. The van der Waals surface area contributed by atoms with Crippen molar-refractivity contribution in [3.05, 3.63) is 28.5 Å². The average molecular weight is 349 g/mol. The zero-order chi connectivity index (χ0) is 16.6. The van der Waals surface area contributed by atoms with Gasteiger partial charge >= 0.3 is 6.18 Å². The SMILES string of the molecule is CN(CC(F)(F)F)C(=O)c1cc(S(N)(=O)=O)c(Cl)cc1F. The molecule has 118 valence electrons.